The molecule has 6 nitrogen and oxygen atoms in total. The molecule has 2 amide bonds. The maximum Gasteiger partial charge on any atom is 0.223 e. The molecule has 124 valence electrons. The van der Waals surface area contributed by atoms with Crippen LogP contribution in [-0.4, -0.2) is 49.2 Å². The molecule has 0 saturated carbocycles. The van der Waals surface area contributed by atoms with Crippen molar-refractivity contribution in [3.63, 3.8) is 0 Å². The fourth-order valence-electron chi connectivity index (χ4n) is 2.65. The van der Waals surface area contributed by atoms with E-state index in [0.717, 1.165) is 0 Å². The number of Topliss-reactive ketones (excluding diaryl/α,β-unsaturated/α-hetero) is 1. The molecule has 1 heterocycles. The zero-order chi connectivity index (χ0) is 16.8. The minimum Gasteiger partial charge on any atom is -0.497 e. The lowest BCUT2D eigenvalue weighted by Gasteiger charge is -2.30. The Morgan fingerprint density at radius 1 is 1.17 bits per heavy atom. The van der Waals surface area contributed by atoms with Gasteiger partial charge >= 0.3 is 0 Å². The van der Waals surface area contributed by atoms with E-state index in [2.05, 4.69) is 5.32 Å². The van der Waals surface area contributed by atoms with Gasteiger partial charge in [-0.25, -0.2) is 0 Å². The number of hydrogen-bond donors (Lipinski definition) is 1. The monoisotopic (exact) mass is 318 g/mol. The van der Waals surface area contributed by atoms with Gasteiger partial charge in [-0.2, -0.15) is 0 Å². The third kappa shape index (κ3) is 4.55. The second-order valence-electron chi connectivity index (χ2n) is 5.65. The lowest BCUT2D eigenvalue weighted by Crippen LogP contribution is -2.43. The van der Waals surface area contributed by atoms with E-state index in [0.29, 0.717) is 37.2 Å². The number of rotatable bonds is 5. The maximum absolute atomic E-state index is 12.1. The predicted molar refractivity (Wildman–Crippen MR) is 85.3 cm³/mol. The average Bonchev–Trinajstić information content (AvgIpc) is 2.59. The Balaban J connectivity index is 1.79. The first-order valence-corrected chi connectivity index (χ1v) is 7.71. The number of likely N-dealkylation sites (tertiary alicyclic amines) is 1. The van der Waals surface area contributed by atoms with Crippen LogP contribution in [0.5, 0.6) is 5.75 Å². The van der Waals surface area contributed by atoms with Gasteiger partial charge < -0.3 is 15.0 Å². The predicted octanol–water partition coefficient (Wildman–Crippen LogP) is 1.25. The third-order valence-electron chi connectivity index (χ3n) is 4.15. The van der Waals surface area contributed by atoms with Gasteiger partial charge in [-0.1, -0.05) is 0 Å². The summed E-state index contributed by atoms with van der Waals surface area (Å²) in [6.45, 7) is 2.71. The van der Waals surface area contributed by atoms with Crippen molar-refractivity contribution in [1.29, 1.82) is 0 Å². The van der Waals surface area contributed by atoms with Crippen LogP contribution in [-0.2, 0) is 9.59 Å². The molecule has 1 fully saturated rings. The molecule has 1 aromatic carbocycles. The highest BCUT2D eigenvalue weighted by molar-refractivity contribution is 5.99. The topological polar surface area (TPSA) is 75.7 Å². The highest BCUT2D eigenvalue weighted by atomic mass is 16.5. The Bertz CT molecular complexity index is 575. The molecule has 23 heavy (non-hydrogen) atoms. The molecule has 0 aliphatic carbocycles. The van der Waals surface area contributed by atoms with Crippen molar-refractivity contribution in [2.75, 3.05) is 26.7 Å². The van der Waals surface area contributed by atoms with Gasteiger partial charge in [-0.15, -0.1) is 0 Å². The first-order valence-electron chi connectivity index (χ1n) is 7.71. The Kier molecular flexibility index (Phi) is 5.73. The van der Waals surface area contributed by atoms with Crippen LogP contribution in [0.1, 0.15) is 30.1 Å². The molecule has 2 rings (SSSR count). The van der Waals surface area contributed by atoms with E-state index >= 15 is 0 Å². The number of nitrogens with zero attached hydrogens (tertiary/aromatic N) is 1. The maximum atomic E-state index is 12.1. The van der Waals surface area contributed by atoms with Crippen molar-refractivity contribution in [3.8, 4) is 5.75 Å². The first kappa shape index (κ1) is 17.0. The number of ether oxygens (including phenoxy) is 1. The number of nitrogens with one attached hydrogen (secondary N) is 1. The Hall–Kier alpha value is -2.37. The van der Waals surface area contributed by atoms with Crippen LogP contribution >= 0.6 is 0 Å². The number of methoxy groups -OCH3 is 1. The van der Waals surface area contributed by atoms with Gasteiger partial charge in [0.1, 0.15) is 5.75 Å². The molecule has 1 saturated heterocycles. The summed E-state index contributed by atoms with van der Waals surface area (Å²) in [4.78, 5) is 37.2. The zero-order valence-corrected chi connectivity index (χ0v) is 13.5. The van der Waals surface area contributed by atoms with Gasteiger partial charge in [0.2, 0.25) is 11.8 Å². The van der Waals surface area contributed by atoms with Crippen molar-refractivity contribution in [2.45, 2.75) is 19.8 Å². The molecule has 0 atom stereocenters. The van der Waals surface area contributed by atoms with Gasteiger partial charge in [-0.3, -0.25) is 14.4 Å². The molecule has 0 unspecified atom stereocenters. The second kappa shape index (κ2) is 7.76. The van der Waals surface area contributed by atoms with Gasteiger partial charge in [0.15, 0.2) is 5.78 Å². The molecule has 1 N–H and O–H groups in total. The van der Waals surface area contributed by atoms with E-state index in [-0.39, 0.29) is 30.1 Å². The highest BCUT2D eigenvalue weighted by Gasteiger charge is 2.26. The molecule has 1 aliphatic heterocycles. The smallest absolute Gasteiger partial charge is 0.223 e. The van der Waals surface area contributed by atoms with Crippen molar-refractivity contribution in [3.05, 3.63) is 29.8 Å². The van der Waals surface area contributed by atoms with Crippen LogP contribution in [0.3, 0.4) is 0 Å². The van der Waals surface area contributed by atoms with Crippen LogP contribution in [0.25, 0.3) is 0 Å². The van der Waals surface area contributed by atoms with Crippen molar-refractivity contribution < 1.29 is 19.1 Å². The van der Waals surface area contributed by atoms with Crippen LogP contribution < -0.4 is 10.1 Å². The molecule has 0 radical (unpaired) electrons. The van der Waals surface area contributed by atoms with Crippen molar-refractivity contribution >= 4 is 17.6 Å². The molecule has 0 spiro atoms. The third-order valence-corrected chi connectivity index (χ3v) is 4.15. The normalized spacial score (nSPS) is 15.1. The summed E-state index contributed by atoms with van der Waals surface area (Å²) in [6.07, 6.45) is 1.28. The van der Waals surface area contributed by atoms with E-state index in [9.17, 15) is 14.4 Å². The van der Waals surface area contributed by atoms with Crippen LogP contribution in [0.15, 0.2) is 24.3 Å². The quantitative estimate of drug-likeness (QED) is 0.829. The van der Waals surface area contributed by atoms with Crippen LogP contribution in [0, 0.1) is 5.92 Å². The molecule has 0 bridgehead atoms. The number of amides is 2. The summed E-state index contributed by atoms with van der Waals surface area (Å²) in [7, 11) is 1.56. The molecule has 6 heteroatoms. The molecule has 1 aliphatic rings. The minimum absolute atomic E-state index is 0.0158. The van der Waals surface area contributed by atoms with Gasteiger partial charge in [0, 0.05) is 31.5 Å². The lowest BCUT2D eigenvalue weighted by atomic mass is 9.96. The van der Waals surface area contributed by atoms with E-state index in [4.69, 9.17) is 4.74 Å². The Morgan fingerprint density at radius 3 is 2.30 bits per heavy atom. The van der Waals surface area contributed by atoms with E-state index in [1.54, 1.807) is 36.3 Å². The number of piperidine rings is 1. The van der Waals surface area contributed by atoms with Gasteiger partial charge in [0.05, 0.1) is 13.7 Å². The number of hydrogen-bond acceptors (Lipinski definition) is 4. The molecular weight excluding hydrogens is 296 g/mol. The SMILES string of the molecule is COc1ccc(C(=O)CNC(=O)C2CCN(C(C)=O)CC2)cc1. The fourth-order valence-corrected chi connectivity index (χ4v) is 2.65. The number of carbonyl (C=O) groups excluding carboxylic acids is 3. The Labute approximate surface area is 135 Å². The van der Waals surface area contributed by atoms with E-state index < -0.39 is 0 Å². The summed E-state index contributed by atoms with van der Waals surface area (Å²) in [5.74, 6) is 0.341. The lowest BCUT2D eigenvalue weighted by molar-refractivity contribution is -0.133. The average molecular weight is 318 g/mol. The highest BCUT2D eigenvalue weighted by Crippen LogP contribution is 2.17. The van der Waals surface area contributed by atoms with Crippen LogP contribution in [0.4, 0.5) is 0 Å². The minimum atomic E-state index is -0.137. The van der Waals surface area contributed by atoms with Gasteiger partial charge in [-0.05, 0) is 37.1 Å². The molecule has 0 aromatic heterocycles. The molecule has 1 aromatic rings. The summed E-state index contributed by atoms with van der Waals surface area (Å²) in [5.41, 5.74) is 0.539. The molecular formula is C17H22N2O4. The van der Waals surface area contributed by atoms with Crippen molar-refractivity contribution in [1.82, 2.24) is 10.2 Å². The van der Waals surface area contributed by atoms with Gasteiger partial charge in [0.25, 0.3) is 0 Å². The van der Waals surface area contributed by atoms with E-state index in [1.807, 2.05) is 0 Å². The summed E-state index contributed by atoms with van der Waals surface area (Å²) >= 11 is 0. The van der Waals surface area contributed by atoms with Crippen LogP contribution in [0.2, 0.25) is 0 Å². The van der Waals surface area contributed by atoms with E-state index in [1.165, 1.54) is 6.92 Å². The zero-order valence-electron chi connectivity index (χ0n) is 13.5. The number of benzene rings is 1. The summed E-state index contributed by atoms with van der Waals surface area (Å²) < 4.78 is 5.04. The standard InChI is InChI=1S/C17H22N2O4/c1-12(20)19-9-7-14(8-10-19)17(22)18-11-16(21)13-3-5-15(23-2)6-4-13/h3-6,14H,7-11H2,1-2H3,(H,18,22). The number of carbonyl (C=O) groups is 3. The second-order valence-corrected chi connectivity index (χ2v) is 5.65. The van der Waals surface area contributed by atoms with Crippen molar-refractivity contribution in [2.24, 2.45) is 5.92 Å². The Morgan fingerprint density at radius 2 is 1.78 bits per heavy atom. The number of ketones is 1. The fraction of sp³-hybridized carbons (Fsp3) is 0.471. The first-order chi connectivity index (χ1) is 11.0. The summed E-state index contributed by atoms with van der Waals surface area (Å²) in [6, 6.07) is 6.79. The largest absolute Gasteiger partial charge is 0.497 e. The summed E-state index contributed by atoms with van der Waals surface area (Å²) in [5, 5.41) is 2.70.